The van der Waals surface area contributed by atoms with Crippen molar-refractivity contribution in [3.8, 4) is 5.75 Å². The van der Waals surface area contributed by atoms with Crippen LogP contribution in [-0.2, 0) is 30.3 Å². The zero-order valence-corrected chi connectivity index (χ0v) is 19.0. The Morgan fingerprint density at radius 2 is 1.09 bits per heavy atom. The molecule has 9 nitrogen and oxygen atoms in total. The molecule has 2 aromatic carbocycles. The maximum absolute atomic E-state index is 12.8. The van der Waals surface area contributed by atoms with Gasteiger partial charge in [0.2, 0.25) is 0 Å². The third-order valence-electron chi connectivity index (χ3n) is 5.13. The summed E-state index contributed by atoms with van der Waals surface area (Å²) in [6.07, 6.45) is 0. The summed E-state index contributed by atoms with van der Waals surface area (Å²) in [5, 5.41) is 19.2. The van der Waals surface area contributed by atoms with E-state index in [0.29, 0.717) is 76.2 Å². The highest BCUT2D eigenvalue weighted by Gasteiger charge is 2.32. The summed E-state index contributed by atoms with van der Waals surface area (Å²) in [7, 11) is 0. The Balaban J connectivity index is 1.31. The van der Waals surface area contributed by atoms with Crippen LogP contribution in [0.3, 0.4) is 0 Å². The van der Waals surface area contributed by atoms with Gasteiger partial charge in [-0.3, -0.25) is 9.59 Å². The van der Waals surface area contributed by atoms with E-state index in [1.54, 1.807) is 36.4 Å². The SMILES string of the molecule is O=C1c2ccccc2C(=O)c2c1ccc(COCCOCCOCCOCCOCCO)c2O. The number of ketones is 2. The first-order valence-electron chi connectivity index (χ1n) is 11.2. The number of aliphatic hydroxyl groups is 1. The Morgan fingerprint density at radius 1 is 0.588 bits per heavy atom. The number of rotatable bonds is 16. The molecule has 9 heteroatoms. The quantitative estimate of drug-likeness (QED) is 0.299. The van der Waals surface area contributed by atoms with Crippen molar-refractivity contribution in [3.05, 3.63) is 64.2 Å². The maximum atomic E-state index is 12.8. The molecule has 0 heterocycles. The summed E-state index contributed by atoms with van der Waals surface area (Å²) in [4.78, 5) is 25.5. The molecule has 0 aromatic heterocycles. The number of ether oxygens (including phenoxy) is 5. The van der Waals surface area contributed by atoms with Crippen LogP contribution < -0.4 is 0 Å². The molecule has 184 valence electrons. The number of hydrogen-bond donors (Lipinski definition) is 2. The number of carbonyl (C=O) groups is 2. The van der Waals surface area contributed by atoms with Crippen molar-refractivity contribution in [1.29, 1.82) is 0 Å². The number of phenols is 1. The molecule has 0 fully saturated rings. The average Bonchev–Trinajstić information content (AvgIpc) is 2.85. The standard InChI is InChI=1S/C25H30O9/c26-7-8-30-9-10-31-11-12-32-13-14-33-15-16-34-17-18-5-6-21-22(23(18)27)25(29)20-4-2-1-3-19(20)24(21)28/h1-6,26-27H,7-17H2. The average molecular weight is 475 g/mol. The van der Waals surface area contributed by atoms with Crippen LogP contribution in [0.4, 0.5) is 0 Å². The molecule has 0 unspecified atom stereocenters. The van der Waals surface area contributed by atoms with Gasteiger partial charge in [-0.1, -0.05) is 30.3 Å². The number of phenolic OH excluding ortho intramolecular Hbond substituents is 1. The van der Waals surface area contributed by atoms with Crippen LogP contribution in [-0.4, -0.2) is 87.8 Å². The third-order valence-corrected chi connectivity index (χ3v) is 5.13. The van der Waals surface area contributed by atoms with Gasteiger partial charge < -0.3 is 33.9 Å². The van der Waals surface area contributed by atoms with Crippen molar-refractivity contribution < 1.29 is 43.5 Å². The largest absolute Gasteiger partial charge is 0.507 e. The third kappa shape index (κ3) is 6.92. The molecule has 3 rings (SSSR count). The van der Waals surface area contributed by atoms with Gasteiger partial charge in [0.1, 0.15) is 5.75 Å². The molecule has 0 saturated heterocycles. The molecule has 2 aromatic rings. The zero-order chi connectivity index (χ0) is 24.2. The Kier molecular flexibility index (Phi) is 10.6. The van der Waals surface area contributed by atoms with Crippen molar-refractivity contribution in [3.63, 3.8) is 0 Å². The molecule has 0 radical (unpaired) electrons. The lowest BCUT2D eigenvalue weighted by Gasteiger charge is -2.19. The molecule has 0 spiro atoms. The molecule has 0 saturated carbocycles. The Morgan fingerprint density at radius 3 is 1.65 bits per heavy atom. The van der Waals surface area contributed by atoms with Gasteiger partial charge >= 0.3 is 0 Å². The zero-order valence-electron chi connectivity index (χ0n) is 19.0. The smallest absolute Gasteiger partial charge is 0.198 e. The van der Waals surface area contributed by atoms with Crippen LogP contribution in [0.1, 0.15) is 37.4 Å². The molecular formula is C25H30O9. The van der Waals surface area contributed by atoms with Crippen molar-refractivity contribution in [1.82, 2.24) is 0 Å². The number of aliphatic hydroxyl groups excluding tert-OH is 1. The predicted octanol–water partition coefficient (Wildman–Crippen LogP) is 1.74. The maximum Gasteiger partial charge on any atom is 0.198 e. The fraction of sp³-hybridized carbons (Fsp3) is 0.440. The highest BCUT2D eigenvalue weighted by molar-refractivity contribution is 6.29. The van der Waals surface area contributed by atoms with E-state index in [1.165, 1.54) is 0 Å². The van der Waals surface area contributed by atoms with E-state index < -0.39 is 0 Å². The van der Waals surface area contributed by atoms with Gasteiger partial charge in [-0.25, -0.2) is 0 Å². The molecule has 34 heavy (non-hydrogen) atoms. The van der Waals surface area contributed by atoms with Crippen molar-refractivity contribution >= 4 is 11.6 Å². The molecule has 0 aliphatic heterocycles. The van der Waals surface area contributed by atoms with E-state index in [9.17, 15) is 14.7 Å². The van der Waals surface area contributed by atoms with E-state index in [2.05, 4.69) is 0 Å². The lowest BCUT2D eigenvalue weighted by molar-refractivity contribution is -0.0146. The lowest BCUT2D eigenvalue weighted by Crippen LogP contribution is -2.21. The minimum atomic E-state index is -0.367. The van der Waals surface area contributed by atoms with Crippen LogP contribution in [0.5, 0.6) is 5.75 Å². The first-order chi connectivity index (χ1) is 16.6. The number of aromatic hydroxyl groups is 1. The summed E-state index contributed by atoms with van der Waals surface area (Å²) in [5.74, 6) is -0.864. The van der Waals surface area contributed by atoms with Crippen LogP contribution in [0.25, 0.3) is 0 Å². The molecule has 0 amide bonds. The second-order valence-corrected chi connectivity index (χ2v) is 7.43. The number of hydrogen-bond acceptors (Lipinski definition) is 9. The fourth-order valence-corrected chi connectivity index (χ4v) is 3.46. The first-order valence-corrected chi connectivity index (χ1v) is 11.2. The second-order valence-electron chi connectivity index (χ2n) is 7.43. The minimum Gasteiger partial charge on any atom is -0.507 e. The minimum absolute atomic E-state index is 0.00325. The van der Waals surface area contributed by atoms with Gasteiger partial charge in [0.25, 0.3) is 0 Å². The number of carbonyl (C=O) groups excluding carboxylic acids is 2. The van der Waals surface area contributed by atoms with Gasteiger partial charge in [-0.2, -0.15) is 0 Å². The molecule has 1 aliphatic rings. The number of benzene rings is 2. The molecular weight excluding hydrogens is 444 g/mol. The van der Waals surface area contributed by atoms with E-state index in [1.807, 2.05) is 0 Å². The summed E-state index contributed by atoms with van der Waals surface area (Å²) in [5.41, 5.74) is 1.31. The molecule has 1 aliphatic carbocycles. The monoisotopic (exact) mass is 474 g/mol. The van der Waals surface area contributed by atoms with E-state index in [4.69, 9.17) is 28.8 Å². The highest BCUT2D eigenvalue weighted by Crippen LogP contribution is 2.35. The Bertz CT molecular complexity index is 957. The van der Waals surface area contributed by atoms with Crippen molar-refractivity contribution in [2.75, 3.05) is 66.1 Å². The predicted molar refractivity (Wildman–Crippen MR) is 121 cm³/mol. The lowest BCUT2D eigenvalue weighted by atomic mass is 9.83. The number of fused-ring (bicyclic) bond motifs is 2. The van der Waals surface area contributed by atoms with Gasteiger partial charge in [-0.15, -0.1) is 0 Å². The van der Waals surface area contributed by atoms with Crippen molar-refractivity contribution in [2.24, 2.45) is 0 Å². The highest BCUT2D eigenvalue weighted by atomic mass is 16.6. The molecule has 2 N–H and O–H groups in total. The molecule has 0 atom stereocenters. The fourth-order valence-electron chi connectivity index (χ4n) is 3.46. The van der Waals surface area contributed by atoms with Gasteiger partial charge in [0.05, 0.1) is 78.2 Å². The van der Waals surface area contributed by atoms with Crippen LogP contribution in [0.2, 0.25) is 0 Å². The second kappa shape index (κ2) is 13.9. The first kappa shape index (κ1) is 26.0. The van der Waals surface area contributed by atoms with Gasteiger partial charge in [0, 0.05) is 22.3 Å². The normalized spacial score (nSPS) is 12.6. The summed E-state index contributed by atoms with van der Waals surface area (Å²) in [6.45, 7) is 3.66. The van der Waals surface area contributed by atoms with Crippen molar-refractivity contribution in [2.45, 2.75) is 6.61 Å². The molecule has 0 bridgehead atoms. The van der Waals surface area contributed by atoms with Gasteiger partial charge in [0.15, 0.2) is 11.6 Å². The van der Waals surface area contributed by atoms with Crippen LogP contribution in [0, 0.1) is 0 Å². The van der Waals surface area contributed by atoms with E-state index >= 15 is 0 Å². The summed E-state index contributed by atoms with van der Waals surface area (Å²) >= 11 is 0. The Hall–Kier alpha value is -2.66. The Labute approximate surface area is 198 Å². The summed E-state index contributed by atoms with van der Waals surface area (Å²) in [6, 6.07) is 9.76. The van der Waals surface area contributed by atoms with E-state index in [0.717, 1.165) is 0 Å². The van der Waals surface area contributed by atoms with E-state index in [-0.39, 0.29) is 41.7 Å². The topological polar surface area (TPSA) is 121 Å². The van der Waals surface area contributed by atoms with Gasteiger partial charge in [-0.05, 0) is 6.07 Å². The van der Waals surface area contributed by atoms with Crippen LogP contribution in [0.15, 0.2) is 36.4 Å². The summed E-state index contributed by atoms with van der Waals surface area (Å²) < 4.78 is 26.7. The van der Waals surface area contributed by atoms with Crippen LogP contribution >= 0.6 is 0 Å².